The van der Waals surface area contributed by atoms with Crippen LogP contribution in [0.3, 0.4) is 0 Å². The number of carbonyl (C=O) groups is 1. The van der Waals surface area contributed by atoms with Crippen LogP contribution in [-0.4, -0.2) is 21.1 Å². The lowest BCUT2D eigenvalue weighted by atomic mass is 10.2. The topological polar surface area (TPSA) is 77.1 Å². The SMILES string of the molecule is CC(C)(C)OC(=O)Cn1ccc2c(Oc3cc(C#N)ccn3)cccc21. The summed E-state index contributed by atoms with van der Waals surface area (Å²) in [4.78, 5) is 16.2. The van der Waals surface area contributed by atoms with Crippen LogP contribution in [0.2, 0.25) is 0 Å². The van der Waals surface area contributed by atoms with E-state index >= 15 is 0 Å². The highest BCUT2D eigenvalue weighted by molar-refractivity contribution is 5.87. The summed E-state index contributed by atoms with van der Waals surface area (Å²) >= 11 is 0. The van der Waals surface area contributed by atoms with Crippen molar-refractivity contribution < 1.29 is 14.3 Å². The van der Waals surface area contributed by atoms with Crippen LogP contribution in [0.4, 0.5) is 0 Å². The number of hydrogen-bond acceptors (Lipinski definition) is 5. The summed E-state index contributed by atoms with van der Waals surface area (Å²) in [6.45, 7) is 5.64. The molecule has 2 heterocycles. The number of ether oxygens (including phenoxy) is 2. The van der Waals surface area contributed by atoms with Crippen molar-refractivity contribution in [1.82, 2.24) is 9.55 Å². The first-order chi connectivity index (χ1) is 12.4. The normalized spacial score (nSPS) is 11.2. The number of nitrogens with zero attached hydrogens (tertiary/aromatic N) is 3. The Morgan fingerprint density at radius 2 is 2.08 bits per heavy atom. The van der Waals surface area contributed by atoms with E-state index in [0.29, 0.717) is 17.2 Å². The Morgan fingerprint density at radius 1 is 1.27 bits per heavy atom. The standard InChI is InChI=1S/C20H19N3O3/c1-20(2,3)26-19(24)13-23-10-8-15-16(23)5-4-6-17(15)25-18-11-14(12-21)7-9-22-18/h4-11H,13H2,1-3H3. The van der Waals surface area contributed by atoms with Gasteiger partial charge in [0.2, 0.25) is 5.88 Å². The number of nitriles is 1. The van der Waals surface area contributed by atoms with Crippen molar-refractivity contribution >= 4 is 16.9 Å². The quantitative estimate of drug-likeness (QED) is 0.664. The molecule has 0 radical (unpaired) electrons. The zero-order chi connectivity index (χ0) is 18.7. The van der Waals surface area contributed by atoms with Gasteiger partial charge in [0.05, 0.1) is 17.1 Å². The summed E-state index contributed by atoms with van der Waals surface area (Å²) < 4.78 is 13.0. The molecule has 0 saturated heterocycles. The van der Waals surface area contributed by atoms with Crippen molar-refractivity contribution in [2.24, 2.45) is 0 Å². The molecule has 0 aliphatic heterocycles. The third-order valence-corrected chi connectivity index (χ3v) is 3.57. The van der Waals surface area contributed by atoms with E-state index < -0.39 is 5.60 Å². The van der Waals surface area contributed by atoms with Gasteiger partial charge in [-0.05, 0) is 45.0 Å². The van der Waals surface area contributed by atoms with Gasteiger partial charge in [0, 0.05) is 23.8 Å². The molecule has 0 spiro atoms. The second-order valence-corrected chi connectivity index (χ2v) is 6.82. The minimum absolute atomic E-state index is 0.117. The average molecular weight is 349 g/mol. The average Bonchev–Trinajstić information content (AvgIpc) is 2.97. The summed E-state index contributed by atoms with van der Waals surface area (Å²) in [5.41, 5.74) is 0.806. The largest absolute Gasteiger partial charge is 0.459 e. The van der Waals surface area contributed by atoms with Crippen LogP contribution in [0.1, 0.15) is 26.3 Å². The summed E-state index contributed by atoms with van der Waals surface area (Å²) in [7, 11) is 0. The van der Waals surface area contributed by atoms with Crippen LogP contribution >= 0.6 is 0 Å². The minimum atomic E-state index is -0.522. The molecule has 6 heteroatoms. The molecule has 6 nitrogen and oxygen atoms in total. The van der Waals surface area contributed by atoms with Crippen molar-refractivity contribution in [3.8, 4) is 17.7 Å². The van der Waals surface area contributed by atoms with Crippen molar-refractivity contribution in [2.75, 3.05) is 0 Å². The summed E-state index contributed by atoms with van der Waals surface area (Å²) in [6, 6.07) is 12.7. The number of carbonyl (C=O) groups excluding carboxylic acids is 1. The summed E-state index contributed by atoms with van der Waals surface area (Å²) in [6.07, 6.45) is 3.35. The Hall–Kier alpha value is -3.33. The lowest BCUT2D eigenvalue weighted by Crippen LogP contribution is -2.26. The second kappa shape index (κ2) is 6.89. The monoisotopic (exact) mass is 349 g/mol. The molecule has 0 aliphatic rings. The fraction of sp³-hybridized carbons (Fsp3) is 0.250. The first-order valence-electron chi connectivity index (χ1n) is 8.19. The van der Waals surface area contributed by atoms with Gasteiger partial charge in [0.25, 0.3) is 0 Å². The van der Waals surface area contributed by atoms with E-state index in [-0.39, 0.29) is 12.5 Å². The molecule has 0 unspecified atom stereocenters. The van der Waals surface area contributed by atoms with Gasteiger partial charge in [-0.1, -0.05) is 6.07 Å². The molecule has 2 aromatic heterocycles. The Morgan fingerprint density at radius 3 is 2.81 bits per heavy atom. The Balaban J connectivity index is 1.87. The van der Waals surface area contributed by atoms with Crippen molar-refractivity contribution in [3.63, 3.8) is 0 Å². The molecule has 26 heavy (non-hydrogen) atoms. The van der Waals surface area contributed by atoms with Gasteiger partial charge in [-0.25, -0.2) is 4.98 Å². The van der Waals surface area contributed by atoms with E-state index in [4.69, 9.17) is 14.7 Å². The van der Waals surface area contributed by atoms with Gasteiger partial charge >= 0.3 is 5.97 Å². The van der Waals surface area contributed by atoms with Crippen LogP contribution in [0, 0.1) is 11.3 Å². The van der Waals surface area contributed by atoms with Crippen molar-refractivity contribution in [1.29, 1.82) is 5.26 Å². The van der Waals surface area contributed by atoms with Gasteiger partial charge in [-0.3, -0.25) is 4.79 Å². The molecule has 0 aliphatic carbocycles. The number of benzene rings is 1. The minimum Gasteiger partial charge on any atom is -0.459 e. The third-order valence-electron chi connectivity index (χ3n) is 3.57. The molecule has 1 aromatic carbocycles. The lowest BCUT2D eigenvalue weighted by Gasteiger charge is -2.19. The fourth-order valence-electron chi connectivity index (χ4n) is 2.58. The van der Waals surface area contributed by atoms with Crippen LogP contribution in [0.15, 0.2) is 48.8 Å². The number of esters is 1. The number of rotatable bonds is 4. The Kier molecular flexibility index (Phi) is 4.63. The van der Waals surface area contributed by atoms with E-state index in [0.717, 1.165) is 10.9 Å². The summed E-state index contributed by atoms with van der Waals surface area (Å²) in [5, 5.41) is 9.83. The number of aromatic nitrogens is 2. The molecule has 0 N–H and O–H groups in total. The van der Waals surface area contributed by atoms with Gasteiger partial charge in [-0.2, -0.15) is 5.26 Å². The van der Waals surface area contributed by atoms with Crippen LogP contribution in [0.25, 0.3) is 10.9 Å². The van der Waals surface area contributed by atoms with E-state index in [1.807, 2.05) is 55.8 Å². The first-order valence-corrected chi connectivity index (χ1v) is 8.19. The molecule has 0 saturated carbocycles. The number of fused-ring (bicyclic) bond motifs is 1. The highest BCUT2D eigenvalue weighted by Crippen LogP contribution is 2.30. The fourth-order valence-corrected chi connectivity index (χ4v) is 2.58. The van der Waals surface area contributed by atoms with Gasteiger partial charge in [-0.15, -0.1) is 0 Å². The maximum Gasteiger partial charge on any atom is 0.326 e. The van der Waals surface area contributed by atoms with Crippen molar-refractivity contribution in [2.45, 2.75) is 32.9 Å². The lowest BCUT2D eigenvalue weighted by molar-refractivity contribution is -0.155. The molecule has 0 amide bonds. The molecular formula is C20H19N3O3. The predicted molar refractivity (Wildman–Crippen MR) is 96.8 cm³/mol. The highest BCUT2D eigenvalue weighted by atomic mass is 16.6. The second-order valence-electron chi connectivity index (χ2n) is 6.82. The number of pyridine rings is 1. The smallest absolute Gasteiger partial charge is 0.326 e. The molecule has 3 aromatic rings. The van der Waals surface area contributed by atoms with E-state index in [1.165, 1.54) is 6.20 Å². The van der Waals surface area contributed by atoms with Crippen molar-refractivity contribution in [3.05, 3.63) is 54.4 Å². The third kappa shape index (κ3) is 4.01. The van der Waals surface area contributed by atoms with Crippen LogP contribution < -0.4 is 4.74 Å². The molecule has 0 bridgehead atoms. The van der Waals surface area contributed by atoms with Gasteiger partial charge in [0.15, 0.2) is 0 Å². The molecule has 0 atom stereocenters. The highest BCUT2D eigenvalue weighted by Gasteiger charge is 2.17. The van der Waals surface area contributed by atoms with Gasteiger partial charge < -0.3 is 14.0 Å². The number of hydrogen-bond donors (Lipinski definition) is 0. The van der Waals surface area contributed by atoms with E-state index in [9.17, 15) is 4.79 Å². The zero-order valence-corrected chi connectivity index (χ0v) is 14.9. The maximum atomic E-state index is 12.1. The van der Waals surface area contributed by atoms with E-state index in [2.05, 4.69) is 11.1 Å². The molecule has 132 valence electrons. The van der Waals surface area contributed by atoms with Crippen LogP contribution in [0.5, 0.6) is 11.6 Å². The Bertz CT molecular complexity index is 993. The first kappa shape index (κ1) is 17.5. The predicted octanol–water partition coefficient (Wildman–Crippen LogP) is 4.04. The van der Waals surface area contributed by atoms with Gasteiger partial charge in [0.1, 0.15) is 17.9 Å². The Labute approximate surface area is 151 Å². The molecule has 3 rings (SSSR count). The summed E-state index contributed by atoms with van der Waals surface area (Å²) in [5.74, 6) is 0.647. The molecular weight excluding hydrogens is 330 g/mol. The zero-order valence-electron chi connectivity index (χ0n) is 14.9. The van der Waals surface area contributed by atoms with E-state index in [1.54, 1.807) is 12.1 Å². The maximum absolute atomic E-state index is 12.1. The molecule has 0 fully saturated rings. The van der Waals surface area contributed by atoms with Crippen LogP contribution in [-0.2, 0) is 16.1 Å².